The summed E-state index contributed by atoms with van der Waals surface area (Å²) >= 11 is 3.29. The van der Waals surface area contributed by atoms with Gasteiger partial charge in [0.1, 0.15) is 0 Å². The first-order valence-electron chi connectivity index (χ1n) is 4.92. The highest BCUT2D eigenvalue weighted by molar-refractivity contribution is 7.98. The van der Waals surface area contributed by atoms with E-state index in [1.54, 1.807) is 0 Å². The van der Waals surface area contributed by atoms with Gasteiger partial charge in [0, 0.05) is 11.3 Å². The fourth-order valence-electron chi connectivity index (χ4n) is 1.78. The summed E-state index contributed by atoms with van der Waals surface area (Å²) in [6, 6.07) is 0. The summed E-state index contributed by atoms with van der Waals surface area (Å²) in [6.07, 6.45) is 2.72. The monoisotopic (exact) mass is 254 g/mol. The lowest BCUT2D eigenvalue weighted by Gasteiger charge is -2.12. The van der Waals surface area contributed by atoms with Crippen LogP contribution in [0.1, 0.15) is 11.3 Å². The molecule has 0 unspecified atom stereocenters. The molecule has 0 aliphatic carbocycles. The molecule has 5 nitrogen and oxygen atoms in total. The molecule has 2 aromatic rings. The quantitative estimate of drug-likeness (QED) is 0.767. The molecule has 2 aromatic heterocycles. The largest absolute Gasteiger partial charge is 0.277 e. The van der Waals surface area contributed by atoms with Crippen molar-refractivity contribution >= 4 is 29.3 Å². The predicted octanol–water partition coefficient (Wildman–Crippen LogP) is 0.929. The maximum atomic E-state index is 12.1. The number of nitrogens with zero attached hydrogens (tertiary/aromatic N) is 3. The van der Waals surface area contributed by atoms with Crippen molar-refractivity contribution in [2.45, 2.75) is 17.3 Å². The lowest BCUT2D eigenvalue weighted by atomic mass is 10.2. The van der Waals surface area contributed by atoms with Crippen LogP contribution in [0.25, 0.3) is 5.78 Å². The van der Waals surface area contributed by atoms with Gasteiger partial charge in [-0.3, -0.25) is 9.89 Å². The van der Waals surface area contributed by atoms with Gasteiger partial charge >= 0.3 is 0 Å². The Labute approximate surface area is 100 Å². The zero-order valence-corrected chi connectivity index (χ0v) is 10.3. The highest BCUT2D eigenvalue weighted by atomic mass is 32.2. The van der Waals surface area contributed by atoms with Gasteiger partial charge in [-0.25, -0.2) is 4.98 Å². The van der Waals surface area contributed by atoms with Crippen LogP contribution < -0.4 is 5.56 Å². The Morgan fingerprint density at radius 2 is 2.38 bits per heavy atom. The molecule has 0 atom stereocenters. The van der Waals surface area contributed by atoms with Crippen molar-refractivity contribution in [1.29, 1.82) is 0 Å². The molecule has 1 aliphatic heterocycles. The van der Waals surface area contributed by atoms with Gasteiger partial charge in [-0.15, -0.1) is 0 Å². The second-order valence-corrected chi connectivity index (χ2v) is 5.41. The van der Waals surface area contributed by atoms with Crippen molar-refractivity contribution in [3.63, 3.8) is 0 Å². The van der Waals surface area contributed by atoms with Gasteiger partial charge in [0.2, 0.25) is 0 Å². The zero-order chi connectivity index (χ0) is 11.1. The molecule has 0 saturated carbocycles. The van der Waals surface area contributed by atoms with Gasteiger partial charge in [-0.2, -0.15) is 21.3 Å². The first-order valence-corrected chi connectivity index (χ1v) is 7.30. The van der Waals surface area contributed by atoms with Crippen LogP contribution in [0.4, 0.5) is 0 Å². The molecule has 1 aliphatic rings. The molecule has 3 rings (SSSR count). The van der Waals surface area contributed by atoms with E-state index >= 15 is 0 Å². The van der Waals surface area contributed by atoms with E-state index in [1.165, 1.54) is 16.3 Å². The van der Waals surface area contributed by atoms with Crippen molar-refractivity contribution in [3.05, 3.63) is 21.6 Å². The van der Waals surface area contributed by atoms with Gasteiger partial charge in [-0.1, -0.05) is 11.8 Å². The predicted molar refractivity (Wildman–Crippen MR) is 65.3 cm³/mol. The Bertz CT molecular complexity index is 603. The van der Waals surface area contributed by atoms with Crippen LogP contribution >= 0.6 is 23.5 Å². The number of fused-ring (bicyclic) bond motifs is 2. The Morgan fingerprint density at radius 3 is 3.19 bits per heavy atom. The number of hydrogen-bond acceptors (Lipinski definition) is 5. The third-order valence-corrected chi connectivity index (χ3v) is 4.12. The van der Waals surface area contributed by atoms with E-state index in [0.717, 1.165) is 34.3 Å². The number of aromatic amines is 1. The molecule has 0 aromatic carbocycles. The number of hydrogen-bond donors (Lipinski definition) is 1. The summed E-state index contributed by atoms with van der Waals surface area (Å²) < 4.78 is 1.45. The average Bonchev–Trinajstić information content (AvgIpc) is 2.73. The molecular formula is C9H10N4OS2. The van der Waals surface area contributed by atoms with E-state index in [9.17, 15) is 4.79 Å². The number of rotatable bonds is 1. The van der Waals surface area contributed by atoms with E-state index in [0.29, 0.717) is 5.78 Å². The minimum Gasteiger partial charge on any atom is -0.267 e. The van der Waals surface area contributed by atoms with E-state index in [-0.39, 0.29) is 5.56 Å². The SMILES string of the molecule is CSc1nc2nc3c(c(=O)n2[nH]1)CCSC3. The molecule has 1 N–H and O–H groups in total. The Hall–Kier alpha value is -0.950. The van der Waals surface area contributed by atoms with Crippen molar-refractivity contribution in [1.82, 2.24) is 19.6 Å². The molecule has 0 bridgehead atoms. The van der Waals surface area contributed by atoms with Crippen LogP contribution in [0.2, 0.25) is 0 Å². The van der Waals surface area contributed by atoms with Crippen molar-refractivity contribution in [2.24, 2.45) is 0 Å². The highest BCUT2D eigenvalue weighted by Gasteiger charge is 2.18. The van der Waals surface area contributed by atoms with Gasteiger partial charge in [0.05, 0.1) is 5.69 Å². The van der Waals surface area contributed by atoms with Crippen LogP contribution in [0.5, 0.6) is 0 Å². The molecule has 0 amide bonds. The number of aromatic nitrogens is 4. The second kappa shape index (κ2) is 3.81. The van der Waals surface area contributed by atoms with Crippen LogP contribution in [0.15, 0.2) is 9.95 Å². The fraction of sp³-hybridized carbons (Fsp3) is 0.444. The average molecular weight is 254 g/mol. The first-order chi connectivity index (χ1) is 7.79. The summed E-state index contributed by atoms with van der Waals surface area (Å²) in [5.41, 5.74) is 1.75. The third kappa shape index (κ3) is 1.46. The smallest absolute Gasteiger partial charge is 0.267 e. The van der Waals surface area contributed by atoms with Gasteiger partial charge in [-0.05, 0) is 18.4 Å². The minimum absolute atomic E-state index is 0.00750. The van der Waals surface area contributed by atoms with Crippen LogP contribution in [-0.4, -0.2) is 31.6 Å². The van der Waals surface area contributed by atoms with Crippen molar-refractivity contribution in [3.8, 4) is 0 Å². The summed E-state index contributed by atoms with van der Waals surface area (Å²) in [7, 11) is 0. The molecule has 0 fully saturated rings. The summed E-state index contributed by atoms with van der Waals surface area (Å²) in [5, 5.41) is 3.67. The van der Waals surface area contributed by atoms with Crippen LogP contribution in [0.3, 0.4) is 0 Å². The summed E-state index contributed by atoms with van der Waals surface area (Å²) in [4.78, 5) is 20.8. The Kier molecular flexibility index (Phi) is 2.44. The number of nitrogens with one attached hydrogen (secondary N) is 1. The van der Waals surface area contributed by atoms with Gasteiger partial charge in [0.15, 0.2) is 5.16 Å². The van der Waals surface area contributed by atoms with E-state index in [4.69, 9.17) is 0 Å². The van der Waals surface area contributed by atoms with Gasteiger partial charge in [0.25, 0.3) is 11.3 Å². The molecule has 7 heteroatoms. The Balaban J connectivity index is 2.32. The molecule has 3 heterocycles. The summed E-state index contributed by atoms with van der Waals surface area (Å²) in [6.45, 7) is 0. The molecule has 84 valence electrons. The van der Waals surface area contributed by atoms with Crippen LogP contribution in [-0.2, 0) is 12.2 Å². The minimum atomic E-state index is 0.00750. The number of H-pyrrole nitrogens is 1. The lowest BCUT2D eigenvalue weighted by Crippen LogP contribution is -2.25. The molecule has 0 radical (unpaired) electrons. The normalized spacial score (nSPS) is 15.3. The fourth-order valence-corrected chi connectivity index (χ4v) is 3.06. The lowest BCUT2D eigenvalue weighted by molar-refractivity contribution is 0.818. The molecule has 0 spiro atoms. The van der Waals surface area contributed by atoms with Crippen molar-refractivity contribution in [2.75, 3.05) is 12.0 Å². The van der Waals surface area contributed by atoms with Gasteiger partial charge < -0.3 is 0 Å². The summed E-state index contributed by atoms with van der Waals surface area (Å²) in [5.74, 6) is 2.30. The van der Waals surface area contributed by atoms with Crippen LogP contribution in [0, 0.1) is 0 Å². The maximum Gasteiger partial charge on any atom is 0.277 e. The first kappa shape index (κ1) is 10.2. The van der Waals surface area contributed by atoms with E-state index < -0.39 is 0 Å². The third-order valence-electron chi connectivity index (χ3n) is 2.58. The standard InChI is InChI=1S/C9H10N4OS2/c1-15-9-11-8-10-6-4-16-3-2-5(6)7(14)13(8)12-9/h2-4H2,1H3,(H,10,11,12). The molecular weight excluding hydrogens is 244 g/mol. The number of thioether (sulfide) groups is 2. The maximum absolute atomic E-state index is 12.1. The second-order valence-electron chi connectivity index (χ2n) is 3.51. The van der Waals surface area contributed by atoms with E-state index in [1.807, 2.05) is 18.0 Å². The molecule has 0 saturated heterocycles. The van der Waals surface area contributed by atoms with Crippen molar-refractivity contribution < 1.29 is 0 Å². The zero-order valence-electron chi connectivity index (χ0n) is 8.69. The topological polar surface area (TPSA) is 63.1 Å². The highest BCUT2D eigenvalue weighted by Crippen LogP contribution is 2.21. The Morgan fingerprint density at radius 1 is 1.50 bits per heavy atom. The van der Waals surface area contributed by atoms with E-state index in [2.05, 4.69) is 15.1 Å². The molecule has 16 heavy (non-hydrogen) atoms.